The first-order valence-electron chi connectivity index (χ1n) is 7.49. The fourth-order valence-corrected chi connectivity index (χ4v) is 3.21. The second-order valence-corrected chi connectivity index (χ2v) is 5.70. The zero-order chi connectivity index (χ0) is 14.2. The molecular formula is C18H17NO2. The van der Waals surface area contributed by atoms with Gasteiger partial charge >= 0.3 is 0 Å². The van der Waals surface area contributed by atoms with Crippen molar-refractivity contribution in [3.63, 3.8) is 0 Å². The van der Waals surface area contributed by atoms with Gasteiger partial charge in [0.2, 0.25) is 0 Å². The predicted octanol–water partition coefficient (Wildman–Crippen LogP) is 3.41. The van der Waals surface area contributed by atoms with E-state index < -0.39 is 0 Å². The molecule has 0 unspecified atom stereocenters. The van der Waals surface area contributed by atoms with Gasteiger partial charge in [0, 0.05) is 17.4 Å². The Hall–Kier alpha value is -2.13. The summed E-state index contributed by atoms with van der Waals surface area (Å²) in [7, 11) is 0. The van der Waals surface area contributed by atoms with Crippen molar-refractivity contribution in [2.24, 2.45) is 0 Å². The lowest BCUT2D eigenvalue weighted by molar-refractivity contribution is 0.393. The van der Waals surface area contributed by atoms with Gasteiger partial charge in [-0.3, -0.25) is 4.79 Å². The van der Waals surface area contributed by atoms with Crippen molar-refractivity contribution in [2.75, 3.05) is 13.1 Å². The van der Waals surface area contributed by atoms with Crippen LogP contribution in [0.3, 0.4) is 0 Å². The van der Waals surface area contributed by atoms with E-state index in [0.29, 0.717) is 11.3 Å². The van der Waals surface area contributed by atoms with Crippen LogP contribution in [-0.2, 0) is 0 Å². The molecule has 0 bridgehead atoms. The monoisotopic (exact) mass is 279 g/mol. The predicted molar refractivity (Wildman–Crippen MR) is 84.8 cm³/mol. The van der Waals surface area contributed by atoms with Gasteiger partial charge in [-0.1, -0.05) is 30.3 Å². The molecule has 3 nitrogen and oxygen atoms in total. The lowest BCUT2D eigenvalue weighted by Crippen LogP contribution is -2.27. The SMILES string of the molecule is O=c1cc(C2CCNCC2)oc2c1ccc1ccccc12. The topological polar surface area (TPSA) is 42.2 Å². The van der Waals surface area contributed by atoms with Crippen molar-refractivity contribution in [1.29, 1.82) is 0 Å². The Labute approximate surface area is 122 Å². The van der Waals surface area contributed by atoms with Crippen molar-refractivity contribution in [1.82, 2.24) is 5.32 Å². The minimum absolute atomic E-state index is 0.0653. The van der Waals surface area contributed by atoms with Gasteiger partial charge in [0.05, 0.1) is 5.39 Å². The molecule has 0 aliphatic carbocycles. The quantitative estimate of drug-likeness (QED) is 0.694. The molecule has 0 amide bonds. The second-order valence-electron chi connectivity index (χ2n) is 5.70. The highest BCUT2D eigenvalue weighted by atomic mass is 16.3. The summed E-state index contributed by atoms with van der Waals surface area (Å²) >= 11 is 0. The molecule has 2 heterocycles. The average molecular weight is 279 g/mol. The summed E-state index contributed by atoms with van der Waals surface area (Å²) in [6.07, 6.45) is 2.05. The average Bonchev–Trinajstić information content (AvgIpc) is 2.55. The van der Waals surface area contributed by atoms with Crippen LogP contribution in [0.2, 0.25) is 0 Å². The van der Waals surface area contributed by atoms with Crippen LogP contribution in [0.25, 0.3) is 21.7 Å². The maximum atomic E-state index is 12.4. The van der Waals surface area contributed by atoms with Gasteiger partial charge in [0.1, 0.15) is 11.3 Å². The molecule has 4 rings (SSSR count). The summed E-state index contributed by atoms with van der Waals surface area (Å²) in [4.78, 5) is 12.4. The van der Waals surface area contributed by atoms with Crippen molar-refractivity contribution in [3.8, 4) is 0 Å². The molecular weight excluding hydrogens is 262 g/mol. The van der Waals surface area contributed by atoms with Crippen LogP contribution in [-0.4, -0.2) is 13.1 Å². The number of fused-ring (bicyclic) bond motifs is 3. The van der Waals surface area contributed by atoms with E-state index in [1.165, 1.54) is 0 Å². The van der Waals surface area contributed by atoms with E-state index in [4.69, 9.17) is 4.42 Å². The van der Waals surface area contributed by atoms with Gasteiger partial charge in [0.15, 0.2) is 5.43 Å². The Morgan fingerprint density at radius 2 is 1.81 bits per heavy atom. The molecule has 0 saturated carbocycles. The van der Waals surface area contributed by atoms with E-state index in [2.05, 4.69) is 5.32 Å². The third-order valence-corrected chi connectivity index (χ3v) is 4.38. The summed E-state index contributed by atoms with van der Waals surface area (Å²) in [5.41, 5.74) is 0.796. The maximum absolute atomic E-state index is 12.4. The molecule has 1 aliphatic rings. The minimum atomic E-state index is 0.0653. The van der Waals surface area contributed by atoms with Gasteiger partial charge < -0.3 is 9.73 Å². The fraction of sp³-hybridized carbons (Fsp3) is 0.278. The molecule has 1 aromatic heterocycles. The molecule has 1 fully saturated rings. The number of piperidine rings is 1. The Morgan fingerprint density at radius 3 is 2.67 bits per heavy atom. The maximum Gasteiger partial charge on any atom is 0.192 e. The van der Waals surface area contributed by atoms with E-state index in [1.54, 1.807) is 6.07 Å². The van der Waals surface area contributed by atoms with Crippen LogP contribution in [0.4, 0.5) is 0 Å². The van der Waals surface area contributed by atoms with Gasteiger partial charge in [-0.25, -0.2) is 0 Å². The summed E-state index contributed by atoms with van der Waals surface area (Å²) < 4.78 is 6.17. The zero-order valence-electron chi connectivity index (χ0n) is 11.8. The lowest BCUT2D eigenvalue weighted by Gasteiger charge is -2.21. The first kappa shape index (κ1) is 12.6. The number of nitrogens with one attached hydrogen (secondary N) is 1. The Morgan fingerprint density at radius 1 is 1.00 bits per heavy atom. The highest BCUT2D eigenvalue weighted by molar-refractivity contribution is 6.03. The Bertz CT molecular complexity index is 860. The normalized spacial score (nSPS) is 16.6. The molecule has 0 spiro atoms. The van der Waals surface area contributed by atoms with E-state index in [-0.39, 0.29) is 5.43 Å². The summed E-state index contributed by atoms with van der Waals surface area (Å²) in [5.74, 6) is 1.19. The third kappa shape index (κ3) is 2.14. The fourth-order valence-electron chi connectivity index (χ4n) is 3.21. The molecule has 3 heteroatoms. The van der Waals surface area contributed by atoms with Crippen LogP contribution in [0.5, 0.6) is 0 Å². The standard InChI is InChI=1S/C18H17NO2/c20-16-11-17(13-7-9-19-10-8-13)21-18-14-4-2-1-3-12(14)5-6-15(16)18/h1-6,11,13,19H,7-10H2. The third-order valence-electron chi connectivity index (χ3n) is 4.38. The molecule has 1 aliphatic heterocycles. The number of hydrogen-bond donors (Lipinski definition) is 1. The molecule has 3 aromatic rings. The molecule has 0 radical (unpaired) electrons. The summed E-state index contributed by atoms with van der Waals surface area (Å²) in [5, 5.41) is 6.14. The van der Waals surface area contributed by atoms with E-state index in [9.17, 15) is 4.79 Å². The van der Waals surface area contributed by atoms with Gasteiger partial charge in [-0.15, -0.1) is 0 Å². The van der Waals surface area contributed by atoms with Gasteiger partial charge in [0.25, 0.3) is 0 Å². The van der Waals surface area contributed by atoms with E-state index in [1.807, 2.05) is 36.4 Å². The van der Waals surface area contributed by atoms with Crippen molar-refractivity contribution in [3.05, 3.63) is 58.4 Å². The molecule has 1 saturated heterocycles. The lowest BCUT2D eigenvalue weighted by atomic mass is 9.94. The molecule has 21 heavy (non-hydrogen) atoms. The van der Waals surface area contributed by atoms with Crippen LogP contribution in [0.1, 0.15) is 24.5 Å². The van der Waals surface area contributed by atoms with Crippen molar-refractivity contribution < 1.29 is 4.42 Å². The molecule has 106 valence electrons. The van der Waals surface area contributed by atoms with Crippen LogP contribution < -0.4 is 10.7 Å². The van der Waals surface area contributed by atoms with Gasteiger partial charge in [-0.05, 0) is 37.4 Å². The first-order valence-corrected chi connectivity index (χ1v) is 7.49. The van der Waals surface area contributed by atoms with Crippen LogP contribution >= 0.6 is 0 Å². The van der Waals surface area contributed by atoms with Crippen LogP contribution in [0.15, 0.2) is 51.7 Å². The largest absolute Gasteiger partial charge is 0.460 e. The summed E-state index contributed by atoms with van der Waals surface area (Å²) in [6, 6.07) is 13.6. The van der Waals surface area contributed by atoms with E-state index >= 15 is 0 Å². The minimum Gasteiger partial charge on any atom is -0.460 e. The number of hydrogen-bond acceptors (Lipinski definition) is 3. The molecule has 0 atom stereocenters. The van der Waals surface area contributed by atoms with E-state index in [0.717, 1.165) is 48.0 Å². The van der Waals surface area contributed by atoms with Crippen LogP contribution in [0, 0.1) is 0 Å². The molecule has 2 aromatic carbocycles. The highest BCUT2D eigenvalue weighted by Gasteiger charge is 2.19. The van der Waals surface area contributed by atoms with Crippen molar-refractivity contribution in [2.45, 2.75) is 18.8 Å². The second kappa shape index (κ2) is 5.01. The number of benzene rings is 2. The smallest absolute Gasteiger partial charge is 0.192 e. The first-order chi connectivity index (χ1) is 10.3. The van der Waals surface area contributed by atoms with Crippen molar-refractivity contribution >= 4 is 21.7 Å². The number of rotatable bonds is 1. The Kier molecular flexibility index (Phi) is 3.00. The molecule has 1 N–H and O–H groups in total. The highest BCUT2D eigenvalue weighted by Crippen LogP contribution is 2.29. The summed E-state index contributed by atoms with van der Waals surface area (Å²) in [6.45, 7) is 1.98. The van der Waals surface area contributed by atoms with Gasteiger partial charge in [-0.2, -0.15) is 0 Å². The Balaban J connectivity index is 1.98. The zero-order valence-corrected chi connectivity index (χ0v) is 11.8.